The Morgan fingerprint density at radius 2 is 1.90 bits per heavy atom. The van der Waals surface area contributed by atoms with Gasteiger partial charge in [0.15, 0.2) is 0 Å². The number of rotatable bonds is 3. The molecule has 0 aliphatic carbocycles. The zero-order chi connectivity index (χ0) is 15.5. The van der Waals surface area contributed by atoms with Crippen molar-refractivity contribution < 1.29 is 9.53 Å². The maximum absolute atomic E-state index is 11.3. The molecule has 0 atom stereocenters. The van der Waals surface area contributed by atoms with Crippen molar-refractivity contribution in [2.75, 3.05) is 39.3 Å². The van der Waals surface area contributed by atoms with Crippen LogP contribution in [0.2, 0.25) is 0 Å². The van der Waals surface area contributed by atoms with Crippen LogP contribution in [0.5, 0.6) is 0 Å². The Labute approximate surface area is 128 Å². The van der Waals surface area contributed by atoms with Gasteiger partial charge >= 0.3 is 5.97 Å². The van der Waals surface area contributed by atoms with Crippen LogP contribution >= 0.6 is 0 Å². The topological polar surface area (TPSA) is 41.6 Å². The summed E-state index contributed by atoms with van der Waals surface area (Å²) < 4.78 is 5.00. The molecule has 0 aromatic rings. The fourth-order valence-electron chi connectivity index (χ4n) is 2.29. The first-order valence-electron chi connectivity index (χ1n) is 7.90. The predicted octanol–water partition coefficient (Wildman–Crippen LogP) is 2.29. The highest BCUT2D eigenvalue weighted by atomic mass is 16.5. The first-order chi connectivity index (χ1) is 10.3. The molecule has 0 aromatic heterocycles. The molecule has 2 heterocycles. The van der Waals surface area contributed by atoms with Crippen molar-refractivity contribution in [3.8, 4) is 0 Å². The minimum atomic E-state index is -0.271. The van der Waals surface area contributed by atoms with Crippen LogP contribution in [0.25, 0.3) is 0 Å². The number of hydrogen-bond acceptors (Lipinski definition) is 4. The van der Waals surface area contributed by atoms with E-state index in [0.717, 1.165) is 44.7 Å². The van der Waals surface area contributed by atoms with Gasteiger partial charge in [-0.1, -0.05) is 26.0 Å². The molecule has 4 heteroatoms. The van der Waals surface area contributed by atoms with E-state index in [2.05, 4.69) is 16.3 Å². The molecule has 4 nitrogen and oxygen atoms in total. The summed E-state index contributed by atoms with van der Waals surface area (Å²) in [4.78, 5) is 13.7. The smallest absolute Gasteiger partial charge is 0.331 e. The van der Waals surface area contributed by atoms with Crippen LogP contribution in [0.1, 0.15) is 27.2 Å². The Balaban J connectivity index is 0.00000106. The van der Waals surface area contributed by atoms with Gasteiger partial charge in [-0.15, -0.1) is 0 Å². The van der Waals surface area contributed by atoms with Crippen LogP contribution in [0.3, 0.4) is 0 Å². The normalized spacial score (nSPS) is 26.5. The van der Waals surface area contributed by atoms with Crippen molar-refractivity contribution in [1.82, 2.24) is 10.2 Å². The molecule has 1 N–H and O–H groups in total. The van der Waals surface area contributed by atoms with Gasteiger partial charge < -0.3 is 15.0 Å². The third-order valence-corrected chi connectivity index (χ3v) is 3.52. The third kappa shape index (κ3) is 6.74. The van der Waals surface area contributed by atoms with E-state index in [-0.39, 0.29) is 5.97 Å². The second kappa shape index (κ2) is 10.4. The van der Waals surface area contributed by atoms with E-state index in [4.69, 9.17) is 4.74 Å². The molecule has 0 amide bonds. The van der Waals surface area contributed by atoms with Crippen LogP contribution in [-0.2, 0) is 9.53 Å². The molecule has 2 aliphatic rings. The lowest BCUT2D eigenvalue weighted by atomic mass is 10.0. The molecule has 0 spiro atoms. The van der Waals surface area contributed by atoms with E-state index in [0.29, 0.717) is 6.61 Å². The van der Waals surface area contributed by atoms with Crippen LogP contribution in [0.4, 0.5) is 0 Å². The third-order valence-electron chi connectivity index (χ3n) is 3.52. The van der Waals surface area contributed by atoms with Gasteiger partial charge in [-0.2, -0.15) is 0 Å². The van der Waals surface area contributed by atoms with E-state index < -0.39 is 0 Å². The summed E-state index contributed by atoms with van der Waals surface area (Å²) in [5, 5.41) is 3.36. The lowest BCUT2D eigenvalue weighted by molar-refractivity contribution is -0.136. The lowest BCUT2D eigenvalue weighted by Gasteiger charge is -2.27. The quantitative estimate of drug-likeness (QED) is 0.810. The highest BCUT2D eigenvalue weighted by molar-refractivity contribution is 5.82. The Kier molecular flexibility index (Phi) is 8.71. The maximum atomic E-state index is 11.3. The molecule has 0 saturated carbocycles. The molecule has 1 saturated heterocycles. The van der Waals surface area contributed by atoms with E-state index >= 15 is 0 Å². The molecular formula is C17H28N2O2. The van der Waals surface area contributed by atoms with Crippen LogP contribution in [0, 0.1) is 0 Å². The zero-order valence-corrected chi connectivity index (χ0v) is 13.5. The van der Waals surface area contributed by atoms with Gasteiger partial charge in [-0.3, -0.25) is 0 Å². The number of nitrogens with one attached hydrogen (secondary N) is 1. The number of ether oxygens (including phenoxy) is 1. The van der Waals surface area contributed by atoms with Gasteiger partial charge in [0.2, 0.25) is 0 Å². The summed E-state index contributed by atoms with van der Waals surface area (Å²) in [6.45, 7) is 11.9. The first kappa shape index (κ1) is 17.7. The summed E-state index contributed by atoms with van der Waals surface area (Å²) in [6.07, 6.45) is 8.38. The molecule has 21 heavy (non-hydrogen) atoms. The Morgan fingerprint density at radius 3 is 2.62 bits per heavy atom. The van der Waals surface area contributed by atoms with Gasteiger partial charge in [-0.05, 0) is 30.6 Å². The standard InChI is InChI=1S/C15H22N2O2.C2H6/c1-13-4-5-15(18)19-12-2-3-14(13)6-9-17-10-7-16-8-11-17;1-2/h2-5,16H,6-12H2,1H3;1-2H3/b3-2+,5-4+,14-13+;. The number of carbonyl (C=O) groups excluding carboxylic acids is 1. The van der Waals surface area contributed by atoms with Gasteiger partial charge in [0.05, 0.1) is 0 Å². The van der Waals surface area contributed by atoms with Crippen LogP contribution in [0.15, 0.2) is 35.5 Å². The van der Waals surface area contributed by atoms with Crippen molar-refractivity contribution in [3.63, 3.8) is 0 Å². The van der Waals surface area contributed by atoms with E-state index in [1.807, 2.05) is 32.9 Å². The molecule has 0 aromatic carbocycles. The van der Waals surface area contributed by atoms with Gasteiger partial charge in [-0.25, -0.2) is 4.79 Å². The van der Waals surface area contributed by atoms with Crippen molar-refractivity contribution in [2.45, 2.75) is 27.2 Å². The summed E-state index contributed by atoms with van der Waals surface area (Å²) in [5.41, 5.74) is 2.43. The molecule has 2 rings (SSSR count). The van der Waals surface area contributed by atoms with E-state index in [9.17, 15) is 4.79 Å². The number of carbonyl (C=O) groups is 1. The van der Waals surface area contributed by atoms with Gasteiger partial charge in [0.1, 0.15) is 6.61 Å². The molecule has 0 radical (unpaired) electrons. The summed E-state index contributed by atoms with van der Waals surface area (Å²) in [7, 11) is 0. The van der Waals surface area contributed by atoms with Crippen LogP contribution < -0.4 is 5.32 Å². The monoisotopic (exact) mass is 292 g/mol. The number of esters is 1. The van der Waals surface area contributed by atoms with Gasteiger partial charge in [0.25, 0.3) is 0 Å². The summed E-state index contributed by atoms with van der Waals surface area (Å²) >= 11 is 0. The maximum Gasteiger partial charge on any atom is 0.331 e. The number of piperazine rings is 1. The Morgan fingerprint density at radius 1 is 1.19 bits per heavy atom. The average Bonchev–Trinajstić information content (AvgIpc) is 2.61. The summed E-state index contributed by atoms with van der Waals surface area (Å²) in [6, 6.07) is 0. The molecule has 2 aliphatic heterocycles. The van der Waals surface area contributed by atoms with Crippen LogP contribution in [-0.4, -0.2) is 50.2 Å². The predicted molar refractivity (Wildman–Crippen MR) is 87.2 cm³/mol. The largest absolute Gasteiger partial charge is 0.458 e. The summed E-state index contributed by atoms with van der Waals surface area (Å²) in [5.74, 6) is -0.271. The zero-order valence-electron chi connectivity index (χ0n) is 13.5. The van der Waals surface area contributed by atoms with Crippen molar-refractivity contribution in [1.29, 1.82) is 0 Å². The lowest BCUT2D eigenvalue weighted by Crippen LogP contribution is -2.43. The molecule has 0 unspecified atom stereocenters. The minimum Gasteiger partial charge on any atom is -0.458 e. The SMILES string of the molecule is CC.CC1=C(CCN2CCNCC2)/C=C/COC(=O)\C=C\1. The average molecular weight is 292 g/mol. The second-order valence-electron chi connectivity index (χ2n) is 4.92. The highest BCUT2D eigenvalue weighted by Crippen LogP contribution is 2.14. The molecule has 1 fully saturated rings. The fraction of sp³-hybridized carbons (Fsp3) is 0.588. The Hall–Kier alpha value is -1.39. The van der Waals surface area contributed by atoms with E-state index in [1.165, 1.54) is 11.6 Å². The first-order valence-corrected chi connectivity index (χ1v) is 7.90. The van der Waals surface area contributed by atoms with Crippen molar-refractivity contribution in [3.05, 3.63) is 35.5 Å². The fourth-order valence-corrected chi connectivity index (χ4v) is 2.29. The second-order valence-corrected chi connectivity index (χ2v) is 4.92. The molecular weight excluding hydrogens is 264 g/mol. The van der Waals surface area contributed by atoms with Gasteiger partial charge in [0, 0.05) is 38.8 Å². The molecule has 118 valence electrons. The van der Waals surface area contributed by atoms with E-state index in [1.54, 1.807) is 0 Å². The van der Waals surface area contributed by atoms with Crippen molar-refractivity contribution >= 4 is 5.97 Å². The molecule has 0 bridgehead atoms. The number of allylic oxidation sites excluding steroid dienone is 3. The van der Waals surface area contributed by atoms with Crippen molar-refractivity contribution in [2.24, 2.45) is 0 Å². The number of cyclic esters (lactones) is 1. The minimum absolute atomic E-state index is 0.271. The highest BCUT2D eigenvalue weighted by Gasteiger charge is 2.10. The Bertz CT molecular complexity index is 405. The number of hydrogen-bond donors (Lipinski definition) is 1. The number of nitrogens with zero attached hydrogens (tertiary/aromatic N) is 1.